The Morgan fingerprint density at radius 2 is 1.65 bits per heavy atom. The van der Waals surface area contributed by atoms with Crippen LogP contribution in [0, 0.1) is 16.0 Å². The third-order valence-electron chi connectivity index (χ3n) is 13.6. The van der Waals surface area contributed by atoms with E-state index in [0.717, 1.165) is 35.6 Å². The van der Waals surface area contributed by atoms with Crippen molar-refractivity contribution in [1.82, 2.24) is 20.3 Å². The summed E-state index contributed by atoms with van der Waals surface area (Å²) in [4.78, 5) is 58.7. The number of hydrogen-bond donors (Lipinski definition) is 3. The standard InChI is InChI=1S/C46H52N8O7Si/c1-31-42(62(2,3)60)41(20-25-50-28-39(48-49-50)37(29-55)33-10-6-4-7-11-33)61-46(31)38-26-36(54(58)59)18-19-40(38)51(44(46)57)27-32-14-16-34(17-15-32)52-30-53(35-12-8-5-9-13-35)45(43(52)56)21-23-47-24-22-45/h4-19,26,28,31,37,41-42,47,55,60H,20-25,27,29-30H2,1-3H3/t31-,37?,41+,42-,46+/m0/s1. The molecule has 9 rings (SSSR count). The van der Waals surface area contributed by atoms with Gasteiger partial charge < -0.3 is 29.8 Å². The molecule has 3 saturated heterocycles. The highest BCUT2D eigenvalue weighted by Crippen LogP contribution is 2.60. The summed E-state index contributed by atoms with van der Waals surface area (Å²) >= 11 is 0. The van der Waals surface area contributed by atoms with Crippen molar-refractivity contribution in [2.24, 2.45) is 5.92 Å². The van der Waals surface area contributed by atoms with E-state index < -0.39 is 41.9 Å². The van der Waals surface area contributed by atoms with Gasteiger partial charge in [0.2, 0.25) is 0 Å². The molecule has 3 fully saturated rings. The number of carbonyl (C=O) groups excluding carboxylic acids is 2. The maximum Gasteiger partial charge on any atom is 0.269 e. The highest BCUT2D eigenvalue weighted by Gasteiger charge is 2.66. The molecule has 62 heavy (non-hydrogen) atoms. The van der Waals surface area contributed by atoms with E-state index in [2.05, 4.69) is 20.5 Å². The van der Waals surface area contributed by atoms with Gasteiger partial charge >= 0.3 is 0 Å². The number of aliphatic hydroxyl groups is 1. The Morgan fingerprint density at radius 3 is 2.31 bits per heavy atom. The van der Waals surface area contributed by atoms with Gasteiger partial charge in [0.05, 0.1) is 48.1 Å². The van der Waals surface area contributed by atoms with Crippen LogP contribution in [0.3, 0.4) is 0 Å². The number of anilines is 3. The monoisotopic (exact) mass is 856 g/mol. The van der Waals surface area contributed by atoms with Crippen LogP contribution in [0.25, 0.3) is 0 Å². The topological polar surface area (TPSA) is 179 Å². The summed E-state index contributed by atoms with van der Waals surface area (Å²) in [7, 11) is -3.04. The number of fused-ring (bicyclic) bond motifs is 2. The number of amides is 2. The maximum absolute atomic E-state index is 15.1. The van der Waals surface area contributed by atoms with Crippen molar-refractivity contribution < 1.29 is 29.2 Å². The number of ether oxygens (including phenoxy) is 1. The summed E-state index contributed by atoms with van der Waals surface area (Å²) in [5, 5.41) is 34.5. The molecule has 0 bridgehead atoms. The number of para-hydroxylation sites is 1. The zero-order valence-electron chi connectivity index (χ0n) is 35.1. The molecule has 2 amide bonds. The third kappa shape index (κ3) is 6.99. The lowest BCUT2D eigenvalue weighted by atomic mass is 9.82. The first-order chi connectivity index (χ1) is 29.9. The lowest BCUT2D eigenvalue weighted by molar-refractivity contribution is -0.385. The van der Waals surface area contributed by atoms with E-state index in [4.69, 9.17) is 4.74 Å². The summed E-state index contributed by atoms with van der Waals surface area (Å²) in [6, 6.07) is 31.8. The molecule has 3 N–H and O–H groups in total. The summed E-state index contributed by atoms with van der Waals surface area (Å²) < 4.78 is 8.66. The van der Waals surface area contributed by atoms with Gasteiger partial charge in [-0.2, -0.15) is 0 Å². The first kappa shape index (κ1) is 41.6. The minimum atomic E-state index is -3.04. The van der Waals surface area contributed by atoms with Crippen molar-refractivity contribution in [2.75, 3.05) is 41.1 Å². The molecule has 1 unspecified atom stereocenters. The molecule has 1 aromatic heterocycles. The lowest BCUT2D eigenvalue weighted by Gasteiger charge is -2.39. The Bertz CT molecular complexity index is 2460. The van der Waals surface area contributed by atoms with Gasteiger partial charge in [-0.05, 0) is 86.9 Å². The fourth-order valence-corrected chi connectivity index (χ4v) is 13.2. The van der Waals surface area contributed by atoms with Crippen LogP contribution in [0.15, 0.2) is 109 Å². The van der Waals surface area contributed by atoms with E-state index in [1.54, 1.807) is 21.8 Å². The number of nitro groups is 1. The molecule has 322 valence electrons. The van der Waals surface area contributed by atoms with Crippen LogP contribution in [0.1, 0.15) is 54.5 Å². The molecule has 4 aliphatic heterocycles. The van der Waals surface area contributed by atoms with E-state index >= 15 is 4.79 Å². The van der Waals surface area contributed by atoms with E-state index in [1.165, 1.54) is 12.1 Å². The van der Waals surface area contributed by atoms with Gasteiger partial charge in [-0.15, -0.1) is 5.10 Å². The summed E-state index contributed by atoms with van der Waals surface area (Å²) in [5.74, 6) is -1.15. The Hall–Kier alpha value is -5.78. The van der Waals surface area contributed by atoms with E-state index in [1.807, 2.05) is 110 Å². The molecule has 0 radical (unpaired) electrons. The highest BCUT2D eigenvalue weighted by atomic mass is 28.4. The number of non-ortho nitro benzene ring substituents is 1. The molecule has 16 heteroatoms. The number of nitrogens with zero attached hydrogens (tertiary/aromatic N) is 7. The van der Waals surface area contributed by atoms with Crippen LogP contribution < -0.4 is 20.0 Å². The molecule has 4 aromatic carbocycles. The second-order valence-corrected chi connectivity index (χ2v) is 21.6. The van der Waals surface area contributed by atoms with Crippen molar-refractivity contribution in [3.63, 3.8) is 0 Å². The number of nitro benzene ring substituents is 1. The molecular weight excluding hydrogens is 805 g/mol. The fraction of sp³-hybridized carbons (Fsp3) is 0.391. The summed E-state index contributed by atoms with van der Waals surface area (Å²) in [6.07, 6.45) is 3.00. The SMILES string of the molecule is C[C@H]1[C@H]([Si](C)(C)O)[C@@H](CCn2cc(C(CO)c3ccccc3)nn2)O[C@]12C(=O)N(Cc1ccc(N3CN(c4ccccc4)C4(CCNCC4)C3=O)cc1)c1ccc([N+](=O)[O-])cc12. The molecule has 2 spiro atoms. The Morgan fingerprint density at radius 1 is 0.952 bits per heavy atom. The van der Waals surface area contributed by atoms with Crippen LogP contribution in [-0.2, 0) is 33.0 Å². The van der Waals surface area contributed by atoms with Gasteiger partial charge in [0.15, 0.2) is 13.9 Å². The quantitative estimate of drug-likeness (QED) is 0.0799. The number of aromatic nitrogens is 3. The van der Waals surface area contributed by atoms with Crippen LogP contribution >= 0.6 is 0 Å². The number of piperidine rings is 1. The number of aryl methyl sites for hydroxylation is 1. The lowest BCUT2D eigenvalue weighted by Crippen LogP contribution is -2.55. The average molecular weight is 857 g/mol. The first-order valence-electron chi connectivity index (χ1n) is 21.4. The Balaban J connectivity index is 0.986. The van der Waals surface area contributed by atoms with Gasteiger partial charge in [-0.3, -0.25) is 29.3 Å². The zero-order chi connectivity index (χ0) is 43.4. The van der Waals surface area contributed by atoms with Crippen LogP contribution in [0.4, 0.5) is 22.7 Å². The predicted molar refractivity (Wildman–Crippen MR) is 236 cm³/mol. The minimum absolute atomic E-state index is 0.0698. The van der Waals surface area contributed by atoms with Crippen molar-refractivity contribution in [2.45, 2.75) is 81.1 Å². The van der Waals surface area contributed by atoms with Crippen molar-refractivity contribution in [3.05, 3.63) is 142 Å². The molecule has 0 saturated carbocycles. The molecule has 0 aliphatic carbocycles. The van der Waals surface area contributed by atoms with Crippen LogP contribution in [0.5, 0.6) is 0 Å². The van der Waals surface area contributed by atoms with E-state index in [-0.39, 0.29) is 36.6 Å². The average Bonchev–Trinajstić information content (AvgIpc) is 4.00. The number of hydrogen-bond acceptors (Lipinski definition) is 11. The number of rotatable bonds is 12. The molecule has 5 aromatic rings. The second-order valence-electron chi connectivity index (χ2n) is 17.6. The van der Waals surface area contributed by atoms with Gasteiger partial charge in [0.1, 0.15) is 5.54 Å². The van der Waals surface area contributed by atoms with Crippen LogP contribution in [0.2, 0.25) is 18.6 Å². The molecule has 4 aliphatic rings. The minimum Gasteiger partial charge on any atom is -0.432 e. The van der Waals surface area contributed by atoms with E-state index in [0.29, 0.717) is 49.4 Å². The molecule has 5 atom stereocenters. The number of benzene rings is 4. The third-order valence-corrected chi connectivity index (χ3v) is 16.2. The molecular formula is C46H52N8O7Si. The fourth-order valence-electron chi connectivity index (χ4n) is 10.6. The van der Waals surface area contributed by atoms with E-state index in [9.17, 15) is 24.8 Å². The summed E-state index contributed by atoms with van der Waals surface area (Å²) in [6.45, 7) is 7.90. The largest absolute Gasteiger partial charge is 0.432 e. The first-order valence-corrected chi connectivity index (χ1v) is 24.4. The summed E-state index contributed by atoms with van der Waals surface area (Å²) in [5.41, 5.74) is 2.25. The van der Waals surface area contributed by atoms with Gasteiger partial charge in [-0.25, -0.2) is 0 Å². The van der Waals surface area contributed by atoms with Gasteiger partial charge in [0.25, 0.3) is 17.5 Å². The van der Waals surface area contributed by atoms with Crippen LogP contribution in [-0.4, -0.2) is 88.0 Å². The van der Waals surface area contributed by atoms with Gasteiger partial charge in [-0.1, -0.05) is 72.8 Å². The molecule has 15 nitrogen and oxygen atoms in total. The normalized spacial score (nSPS) is 23.8. The highest BCUT2D eigenvalue weighted by molar-refractivity contribution is 6.71. The number of aliphatic hydroxyl groups excluding tert-OH is 1. The Labute approximate surface area is 361 Å². The number of carbonyl (C=O) groups is 2. The molecule has 5 heterocycles. The van der Waals surface area contributed by atoms with Crippen molar-refractivity contribution in [3.8, 4) is 0 Å². The van der Waals surface area contributed by atoms with Gasteiger partial charge in [0, 0.05) is 53.3 Å². The Kier molecular flexibility index (Phi) is 10.8. The predicted octanol–water partition coefficient (Wildman–Crippen LogP) is 5.68. The maximum atomic E-state index is 15.1. The number of nitrogens with one attached hydrogen (secondary N) is 1. The second kappa shape index (κ2) is 16.2. The van der Waals surface area contributed by atoms with Crippen molar-refractivity contribution in [1.29, 1.82) is 0 Å². The smallest absolute Gasteiger partial charge is 0.269 e. The van der Waals surface area contributed by atoms with Crippen molar-refractivity contribution >= 4 is 42.9 Å². The zero-order valence-corrected chi connectivity index (χ0v) is 36.1.